The van der Waals surface area contributed by atoms with Gasteiger partial charge in [0.05, 0.1) is 7.11 Å². The van der Waals surface area contributed by atoms with E-state index in [1.54, 1.807) is 5.43 Å². The minimum atomic E-state index is -3.71. The molecule has 0 aliphatic rings. The van der Waals surface area contributed by atoms with Gasteiger partial charge >= 0.3 is 5.38 Å². The molecule has 1 rings (SSSR count). The molecule has 1 unspecified atom stereocenters. The first-order chi connectivity index (χ1) is 7.41. The largest absolute Gasteiger partial charge is 0.494 e. The lowest BCUT2D eigenvalue weighted by Gasteiger charge is -2.22. The Labute approximate surface area is 95.3 Å². The maximum Gasteiger partial charge on any atom is 0.342 e. The van der Waals surface area contributed by atoms with Crippen molar-refractivity contribution in [2.24, 2.45) is 5.84 Å². The van der Waals surface area contributed by atoms with E-state index in [-0.39, 0.29) is 11.3 Å². The summed E-state index contributed by atoms with van der Waals surface area (Å²) in [6, 6.07) is 1.99. The Morgan fingerprint density at radius 2 is 2.12 bits per heavy atom. The Morgan fingerprint density at radius 1 is 1.50 bits per heavy atom. The fraction of sp³-hybridized carbons (Fsp3) is 0.333. The second kappa shape index (κ2) is 4.90. The van der Waals surface area contributed by atoms with E-state index in [0.717, 1.165) is 6.07 Å². The Morgan fingerprint density at radius 3 is 2.56 bits per heavy atom. The van der Waals surface area contributed by atoms with Crippen LogP contribution >= 0.6 is 11.6 Å². The fourth-order valence-electron chi connectivity index (χ4n) is 1.27. The highest BCUT2D eigenvalue weighted by Gasteiger charge is 2.39. The standard InChI is InChI=1S/C9H10ClF3N2O/c1-16-6-4-2-3-5(7(6)11)8(15-14)9(10,12)13/h2-4,8,15H,14H2,1H3. The molecule has 0 heterocycles. The summed E-state index contributed by atoms with van der Waals surface area (Å²) in [7, 11) is 1.23. The van der Waals surface area contributed by atoms with Gasteiger partial charge in [0.2, 0.25) is 0 Å². The van der Waals surface area contributed by atoms with Crippen LogP contribution in [0.3, 0.4) is 0 Å². The molecule has 7 heteroatoms. The molecule has 0 aliphatic carbocycles. The van der Waals surface area contributed by atoms with E-state index in [1.807, 2.05) is 0 Å². The van der Waals surface area contributed by atoms with Crippen LogP contribution in [0, 0.1) is 5.82 Å². The topological polar surface area (TPSA) is 47.3 Å². The zero-order valence-electron chi connectivity index (χ0n) is 8.31. The molecule has 0 radical (unpaired) electrons. The van der Waals surface area contributed by atoms with Crippen LogP contribution in [0.25, 0.3) is 0 Å². The van der Waals surface area contributed by atoms with Crippen molar-refractivity contribution < 1.29 is 17.9 Å². The normalized spacial score (nSPS) is 13.6. The zero-order valence-corrected chi connectivity index (χ0v) is 9.06. The second-order valence-electron chi connectivity index (χ2n) is 3.00. The van der Waals surface area contributed by atoms with E-state index in [4.69, 9.17) is 17.4 Å². The van der Waals surface area contributed by atoms with Crippen LogP contribution in [0.1, 0.15) is 11.6 Å². The molecule has 16 heavy (non-hydrogen) atoms. The molecule has 0 aromatic heterocycles. The molecule has 0 fully saturated rings. The van der Waals surface area contributed by atoms with Gasteiger partial charge < -0.3 is 4.74 Å². The van der Waals surface area contributed by atoms with Crippen LogP contribution in [0.15, 0.2) is 18.2 Å². The molecular weight excluding hydrogens is 245 g/mol. The molecule has 1 atom stereocenters. The smallest absolute Gasteiger partial charge is 0.342 e. The fourth-order valence-corrected chi connectivity index (χ4v) is 1.45. The summed E-state index contributed by atoms with van der Waals surface area (Å²) < 4.78 is 44.1. The van der Waals surface area contributed by atoms with Crippen LogP contribution in [0.5, 0.6) is 5.75 Å². The van der Waals surface area contributed by atoms with Crippen LogP contribution in [0.4, 0.5) is 13.2 Å². The van der Waals surface area contributed by atoms with Crippen molar-refractivity contribution in [1.82, 2.24) is 5.43 Å². The summed E-state index contributed by atoms with van der Waals surface area (Å²) in [4.78, 5) is 0. The maximum atomic E-state index is 13.6. The van der Waals surface area contributed by atoms with Gasteiger partial charge in [-0.3, -0.25) is 5.84 Å². The Kier molecular flexibility index (Phi) is 4.01. The van der Waals surface area contributed by atoms with E-state index in [1.165, 1.54) is 19.2 Å². The van der Waals surface area contributed by atoms with E-state index in [9.17, 15) is 13.2 Å². The van der Waals surface area contributed by atoms with E-state index < -0.39 is 17.2 Å². The molecule has 0 aliphatic heterocycles. The number of ether oxygens (including phenoxy) is 1. The number of hydrazine groups is 1. The average Bonchev–Trinajstić information content (AvgIpc) is 2.19. The highest BCUT2D eigenvalue weighted by molar-refractivity contribution is 6.22. The van der Waals surface area contributed by atoms with Crippen LogP contribution in [-0.4, -0.2) is 12.5 Å². The van der Waals surface area contributed by atoms with Gasteiger partial charge in [-0.25, -0.2) is 9.82 Å². The number of methoxy groups -OCH3 is 1. The Balaban J connectivity index is 3.21. The van der Waals surface area contributed by atoms with Crippen molar-refractivity contribution in [3.8, 4) is 5.75 Å². The summed E-state index contributed by atoms with van der Waals surface area (Å²) in [5.41, 5.74) is 1.41. The van der Waals surface area contributed by atoms with Gasteiger partial charge in [0, 0.05) is 5.56 Å². The number of hydrogen-bond donors (Lipinski definition) is 2. The van der Waals surface area contributed by atoms with Crippen molar-refractivity contribution in [3.05, 3.63) is 29.6 Å². The number of halogens is 4. The van der Waals surface area contributed by atoms with Crippen molar-refractivity contribution in [3.63, 3.8) is 0 Å². The van der Waals surface area contributed by atoms with Gasteiger partial charge in [-0.05, 0) is 17.7 Å². The summed E-state index contributed by atoms with van der Waals surface area (Å²) >= 11 is 4.82. The zero-order chi connectivity index (χ0) is 12.3. The van der Waals surface area contributed by atoms with Crippen LogP contribution in [0.2, 0.25) is 0 Å². The number of hydrogen-bond acceptors (Lipinski definition) is 3. The summed E-state index contributed by atoms with van der Waals surface area (Å²) in [6.07, 6.45) is 0. The molecule has 0 amide bonds. The SMILES string of the molecule is COc1cccc(C(NN)C(F)(F)Cl)c1F. The van der Waals surface area contributed by atoms with E-state index >= 15 is 0 Å². The van der Waals surface area contributed by atoms with Crippen molar-refractivity contribution in [2.45, 2.75) is 11.4 Å². The van der Waals surface area contributed by atoms with E-state index in [2.05, 4.69) is 4.74 Å². The van der Waals surface area contributed by atoms with Gasteiger partial charge in [-0.1, -0.05) is 12.1 Å². The first-order valence-electron chi connectivity index (χ1n) is 4.27. The first-order valence-corrected chi connectivity index (χ1v) is 4.64. The average molecular weight is 255 g/mol. The Hall–Kier alpha value is -0.980. The predicted octanol–water partition coefficient (Wildman–Crippen LogP) is 2.17. The maximum absolute atomic E-state index is 13.6. The predicted molar refractivity (Wildman–Crippen MR) is 53.8 cm³/mol. The lowest BCUT2D eigenvalue weighted by atomic mass is 10.1. The number of alkyl halides is 3. The van der Waals surface area contributed by atoms with E-state index in [0.29, 0.717) is 0 Å². The van der Waals surface area contributed by atoms with Gasteiger partial charge in [-0.15, -0.1) is 0 Å². The van der Waals surface area contributed by atoms with Crippen LogP contribution in [-0.2, 0) is 0 Å². The third kappa shape index (κ3) is 2.58. The molecule has 3 nitrogen and oxygen atoms in total. The highest BCUT2D eigenvalue weighted by atomic mass is 35.5. The van der Waals surface area contributed by atoms with Gasteiger partial charge in [-0.2, -0.15) is 8.78 Å². The number of nitrogens with two attached hydrogens (primary N) is 1. The van der Waals surface area contributed by atoms with Gasteiger partial charge in [0.25, 0.3) is 0 Å². The highest BCUT2D eigenvalue weighted by Crippen LogP contribution is 2.37. The lowest BCUT2D eigenvalue weighted by Crippen LogP contribution is -2.38. The van der Waals surface area contributed by atoms with Crippen molar-refractivity contribution >= 4 is 11.6 Å². The Bertz CT molecular complexity index is 370. The number of nitrogens with one attached hydrogen (secondary N) is 1. The van der Waals surface area contributed by atoms with Crippen molar-refractivity contribution in [2.75, 3.05) is 7.11 Å². The summed E-state index contributed by atoms with van der Waals surface area (Å²) in [5.74, 6) is 3.85. The third-order valence-electron chi connectivity index (χ3n) is 2.02. The first kappa shape index (κ1) is 13.1. The molecular formula is C9H10ClF3N2O. The van der Waals surface area contributed by atoms with Gasteiger partial charge in [0.1, 0.15) is 6.04 Å². The molecule has 1 aromatic rings. The monoisotopic (exact) mass is 254 g/mol. The number of rotatable bonds is 4. The molecule has 3 N–H and O–H groups in total. The summed E-state index contributed by atoms with van der Waals surface area (Å²) in [6.45, 7) is 0. The molecule has 0 saturated heterocycles. The third-order valence-corrected chi connectivity index (χ3v) is 2.24. The van der Waals surface area contributed by atoms with Crippen molar-refractivity contribution in [1.29, 1.82) is 0 Å². The van der Waals surface area contributed by atoms with Crippen LogP contribution < -0.4 is 16.0 Å². The summed E-state index contributed by atoms with van der Waals surface area (Å²) in [5, 5.41) is -3.71. The number of benzene rings is 1. The molecule has 1 aromatic carbocycles. The lowest BCUT2D eigenvalue weighted by molar-refractivity contribution is 0.0481. The molecule has 0 spiro atoms. The quantitative estimate of drug-likeness (QED) is 0.492. The minimum absolute atomic E-state index is 0.154. The minimum Gasteiger partial charge on any atom is -0.494 e. The molecule has 0 bridgehead atoms. The molecule has 90 valence electrons. The van der Waals surface area contributed by atoms with Gasteiger partial charge in [0.15, 0.2) is 11.6 Å². The second-order valence-corrected chi connectivity index (χ2v) is 3.51. The molecule has 0 saturated carbocycles.